The van der Waals surface area contributed by atoms with Crippen LogP contribution in [0.2, 0.25) is 0 Å². The van der Waals surface area contributed by atoms with Gasteiger partial charge in [-0.1, -0.05) is 6.07 Å². The number of carbonyl (C=O) groups is 1. The molecule has 1 N–H and O–H groups in total. The van der Waals surface area contributed by atoms with Crippen molar-refractivity contribution in [2.24, 2.45) is 0 Å². The van der Waals surface area contributed by atoms with Gasteiger partial charge in [0.1, 0.15) is 17.1 Å². The number of ether oxygens (including phenoxy) is 1. The largest absolute Gasteiger partial charge is 0.507 e. The average Bonchev–Trinajstić information content (AvgIpc) is 2.17. The maximum absolute atomic E-state index is 11.3. The monoisotopic (exact) mass is 228 g/mol. The van der Waals surface area contributed by atoms with Crippen molar-refractivity contribution in [2.75, 3.05) is 12.5 Å². The van der Waals surface area contributed by atoms with Gasteiger partial charge in [-0.05, 0) is 25.5 Å². The van der Waals surface area contributed by atoms with Crippen molar-refractivity contribution in [1.82, 2.24) is 0 Å². The first-order valence-electron chi connectivity index (χ1n) is 4.68. The van der Waals surface area contributed by atoms with E-state index in [-0.39, 0.29) is 17.1 Å². The number of ketones is 1. The highest BCUT2D eigenvalue weighted by molar-refractivity contribution is 6.17. The molecule has 0 aliphatic heterocycles. The van der Waals surface area contributed by atoms with E-state index in [1.807, 2.05) is 0 Å². The maximum Gasteiger partial charge on any atom is 0.167 e. The number of hydrogen-bond donors (Lipinski definition) is 1. The average molecular weight is 229 g/mol. The molecule has 0 aromatic heterocycles. The highest BCUT2D eigenvalue weighted by atomic mass is 35.5. The minimum Gasteiger partial charge on any atom is -0.507 e. The third kappa shape index (κ3) is 3.13. The fourth-order valence-corrected chi connectivity index (χ4v) is 1.34. The molecule has 1 aromatic rings. The Morgan fingerprint density at radius 3 is 2.87 bits per heavy atom. The Morgan fingerprint density at radius 2 is 2.27 bits per heavy atom. The molecule has 0 aliphatic carbocycles. The maximum atomic E-state index is 11.3. The van der Waals surface area contributed by atoms with Crippen LogP contribution in [0.3, 0.4) is 0 Å². The van der Waals surface area contributed by atoms with E-state index >= 15 is 0 Å². The van der Waals surface area contributed by atoms with Crippen LogP contribution in [0.5, 0.6) is 11.5 Å². The molecule has 0 saturated carbocycles. The third-order valence-electron chi connectivity index (χ3n) is 1.89. The molecule has 0 fully saturated rings. The number of Topliss-reactive ketones (excluding diaryl/α,β-unsaturated/α-hetero) is 1. The standard InChI is InChI=1S/C11H13ClO3/c1-8(13)11-9(14)4-2-5-10(11)15-7-3-6-12/h2,4-5,14H,3,6-7H2,1H3. The number of alkyl halides is 1. The van der Waals surface area contributed by atoms with Gasteiger partial charge in [0.15, 0.2) is 5.78 Å². The zero-order valence-corrected chi connectivity index (χ0v) is 9.25. The lowest BCUT2D eigenvalue weighted by Crippen LogP contribution is -2.03. The highest BCUT2D eigenvalue weighted by Gasteiger charge is 2.12. The van der Waals surface area contributed by atoms with E-state index in [1.54, 1.807) is 12.1 Å². The van der Waals surface area contributed by atoms with Gasteiger partial charge in [0.25, 0.3) is 0 Å². The molecule has 0 spiro atoms. The first-order chi connectivity index (χ1) is 7.16. The van der Waals surface area contributed by atoms with Crippen molar-refractivity contribution in [3.05, 3.63) is 23.8 Å². The molecule has 0 saturated heterocycles. The number of phenols is 1. The van der Waals surface area contributed by atoms with Gasteiger partial charge in [-0.15, -0.1) is 11.6 Å². The highest BCUT2D eigenvalue weighted by Crippen LogP contribution is 2.27. The molecule has 0 radical (unpaired) electrons. The molecule has 0 amide bonds. The van der Waals surface area contributed by atoms with E-state index < -0.39 is 0 Å². The molecule has 0 unspecified atom stereocenters. The molecule has 0 bridgehead atoms. The summed E-state index contributed by atoms with van der Waals surface area (Å²) in [7, 11) is 0. The van der Waals surface area contributed by atoms with Crippen LogP contribution >= 0.6 is 11.6 Å². The van der Waals surface area contributed by atoms with Crippen molar-refractivity contribution in [2.45, 2.75) is 13.3 Å². The molecule has 15 heavy (non-hydrogen) atoms. The van der Waals surface area contributed by atoms with Gasteiger partial charge in [0, 0.05) is 5.88 Å². The number of rotatable bonds is 5. The first kappa shape index (κ1) is 11.9. The van der Waals surface area contributed by atoms with Crippen LogP contribution in [0.4, 0.5) is 0 Å². The summed E-state index contributed by atoms with van der Waals surface area (Å²) < 4.78 is 5.35. The van der Waals surface area contributed by atoms with E-state index in [2.05, 4.69) is 0 Å². The van der Waals surface area contributed by atoms with E-state index in [9.17, 15) is 9.90 Å². The van der Waals surface area contributed by atoms with Crippen LogP contribution in [0.25, 0.3) is 0 Å². The van der Waals surface area contributed by atoms with Crippen LogP contribution < -0.4 is 4.74 Å². The number of benzene rings is 1. The number of aromatic hydroxyl groups is 1. The summed E-state index contributed by atoms with van der Waals surface area (Å²) in [4.78, 5) is 11.3. The smallest absolute Gasteiger partial charge is 0.167 e. The zero-order valence-electron chi connectivity index (χ0n) is 8.50. The minimum absolute atomic E-state index is 0.0501. The van der Waals surface area contributed by atoms with Gasteiger partial charge in [-0.2, -0.15) is 0 Å². The fraction of sp³-hybridized carbons (Fsp3) is 0.364. The molecule has 3 nitrogen and oxygen atoms in total. The summed E-state index contributed by atoms with van der Waals surface area (Å²) in [5.74, 6) is 0.654. The van der Waals surface area contributed by atoms with Crippen LogP contribution in [-0.2, 0) is 0 Å². The molecule has 1 aromatic carbocycles. The van der Waals surface area contributed by atoms with Gasteiger partial charge < -0.3 is 9.84 Å². The minimum atomic E-state index is -0.214. The molecule has 1 rings (SSSR count). The summed E-state index contributed by atoms with van der Waals surface area (Å²) in [5.41, 5.74) is 0.229. The van der Waals surface area contributed by atoms with Gasteiger partial charge in [-0.3, -0.25) is 4.79 Å². The van der Waals surface area contributed by atoms with Crippen molar-refractivity contribution in [3.8, 4) is 11.5 Å². The molecular formula is C11H13ClO3. The lowest BCUT2D eigenvalue weighted by Gasteiger charge is -2.09. The Hall–Kier alpha value is -1.22. The number of hydrogen-bond acceptors (Lipinski definition) is 3. The molecule has 4 heteroatoms. The molecule has 0 heterocycles. The van der Waals surface area contributed by atoms with Crippen LogP contribution in [0.1, 0.15) is 23.7 Å². The first-order valence-corrected chi connectivity index (χ1v) is 5.22. The Balaban J connectivity index is 2.86. The van der Waals surface area contributed by atoms with E-state index in [0.717, 1.165) is 0 Å². The normalized spacial score (nSPS) is 10.0. The van der Waals surface area contributed by atoms with Crippen molar-refractivity contribution in [1.29, 1.82) is 0 Å². The van der Waals surface area contributed by atoms with Gasteiger partial charge in [-0.25, -0.2) is 0 Å². The summed E-state index contributed by atoms with van der Waals surface area (Å²) in [6.45, 7) is 1.83. The predicted octanol–water partition coefficient (Wildman–Crippen LogP) is 2.60. The zero-order chi connectivity index (χ0) is 11.3. The third-order valence-corrected chi connectivity index (χ3v) is 2.16. The molecular weight excluding hydrogens is 216 g/mol. The second-order valence-electron chi connectivity index (χ2n) is 3.10. The molecule has 0 atom stereocenters. The summed E-state index contributed by atoms with van der Waals surface area (Å²) in [5, 5.41) is 9.49. The fourth-order valence-electron chi connectivity index (χ4n) is 1.23. The molecule has 82 valence electrons. The number of carbonyl (C=O) groups excluding carboxylic acids is 1. The van der Waals surface area contributed by atoms with Crippen molar-refractivity contribution < 1.29 is 14.6 Å². The Kier molecular flexibility index (Phi) is 4.43. The van der Waals surface area contributed by atoms with Crippen LogP contribution in [-0.4, -0.2) is 23.4 Å². The lowest BCUT2D eigenvalue weighted by molar-refractivity contribution is 0.101. The van der Waals surface area contributed by atoms with E-state index in [0.29, 0.717) is 24.7 Å². The van der Waals surface area contributed by atoms with Gasteiger partial charge >= 0.3 is 0 Å². The van der Waals surface area contributed by atoms with Crippen LogP contribution in [0.15, 0.2) is 18.2 Å². The lowest BCUT2D eigenvalue weighted by atomic mass is 10.1. The van der Waals surface area contributed by atoms with Crippen LogP contribution in [0, 0.1) is 0 Å². The Bertz CT molecular complexity index is 350. The summed E-state index contributed by atoms with van der Waals surface area (Å²) >= 11 is 5.51. The summed E-state index contributed by atoms with van der Waals surface area (Å²) in [6.07, 6.45) is 0.703. The Labute approximate surface area is 93.6 Å². The quantitative estimate of drug-likeness (QED) is 0.479. The van der Waals surface area contributed by atoms with Crippen molar-refractivity contribution in [3.63, 3.8) is 0 Å². The van der Waals surface area contributed by atoms with Crippen molar-refractivity contribution >= 4 is 17.4 Å². The number of halogens is 1. The molecule has 0 aliphatic rings. The second kappa shape index (κ2) is 5.61. The summed E-state index contributed by atoms with van der Waals surface area (Å²) in [6, 6.07) is 4.76. The van der Waals surface area contributed by atoms with E-state index in [1.165, 1.54) is 13.0 Å². The topological polar surface area (TPSA) is 46.5 Å². The van der Waals surface area contributed by atoms with Gasteiger partial charge in [0.2, 0.25) is 0 Å². The Morgan fingerprint density at radius 1 is 1.53 bits per heavy atom. The number of phenolic OH excluding ortho intramolecular Hbond substituents is 1. The van der Waals surface area contributed by atoms with E-state index in [4.69, 9.17) is 16.3 Å². The van der Waals surface area contributed by atoms with Gasteiger partial charge in [0.05, 0.1) is 6.61 Å². The second-order valence-corrected chi connectivity index (χ2v) is 3.48. The predicted molar refractivity (Wildman–Crippen MR) is 58.9 cm³/mol. The SMILES string of the molecule is CC(=O)c1c(O)cccc1OCCCCl.